The second-order valence-corrected chi connectivity index (χ2v) is 7.46. The maximum absolute atomic E-state index is 6.64. The van der Waals surface area contributed by atoms with Gasteiger partial charge in [0.2, 0.25) is 5.95 Å². The number of hydrogen-bond donors (Lipinski definition) is 1. The Morgan fingerprint density at radius 1 is 1.25 bits per heavy atom. The van der Waals surface area contributed by atoms with Gasteiger partial charge in [0.25, 0.3) is 0 Å². The molecule has 1 aromatic heterocycles. The maximum Gasteiger partial charge on any atom is 0.222 e. The Hall–Kier alpha value is -2.25. The van der Waals surface area contributed by atoms with Crippen molar-refractivity contribution in [1.29, 1.82) is 0 Å². The number of nitrogen functional groups attached to an aromatic ring is 1. The number of aryl methyl sites for hydroxylation is 1. The van der Waals surface area contributed by atoms with Crippen molar-refractivity contribution in [2.75, 3.05) is 37.5 Å². The Labute approximate surface area is 170 Å². The number of halogens is 1. The molecule has 0 amide bonds. The molecule has 0 radical (unpaired) electrons. The lowest BCUT2D eigenvalue weighted by Crippen LogP contribution is -2.32. The highest BCUT2D eigenvalue weighted by molar-refractivity contribution is 6.31. The summed E-state index contributed by atoms with van der Waals surface area (Å²) in [5.41, 5.74) is 7.61. The van der Waals surface area contributed by atoms with Crippen LogP contribution in [0.3, 0.4) is 0 Å². The lowest BCUT2D eigenvalue weighted by Gasteiger charge is -2.32. The summed E-state index contributed by atoms with van der Waals surface area (Å²) in [6.07, 6.45) is 0.886. The average Bonchev–Trinajstić information content (AvgIpc) is 2.87. The lowest BCUT2D eigenvalue weighted by molar-refractivity contribution is 0.134. The van der Waals surface area contributed by atoms with Gasteiger partial charge in [0, 0.05) is 36.0 Å². The number of anilines is 2. The molecule has 8 heteroatoms. The molecule has 2 aromatic rings. The monoisotopic (exact) mass is 406 g/mol. The standard InChI is InChI=1S/C20H27ClN4O3/c1-12(2)28-18-9-14(15(21)10-17(18)26-4)16-11-27-7-5-6-25(16)19-8-13(3)23-20(22)24-19/h8-10,12,16H,5-7,11H2,1-4H3,(H2,22,23,24). The summed E-state index contributed by atoms with van der Waals surface area (Å²) >= 11 is 6.64. The topological polar surface area (TPSA) is 82.7 Å². The fourth-order valence-corrected chi connectivity index (χ4v) is 3.62. The Balaban J connectivity index is 2.07. The third-order valence-corrected chi connectivity index (χ3v) is 4.82. The molecular formula is C20H27ClN4O3. The summed E-state index contributed by atoms with van der Waals surface area (Å²) < 4.78 is 17.2. The summed E-state index contributed by atoms with van der Waals surface area (Å²) in [5, 5.41) is 0.590. The van der Waals surface area contributed by atoms with E-state index in [2.05, 4.69) is 14.9 Å². The number of rotatable bonds is 5. The fraction of sp³-hybridized carbons (Fsp3) is 0.500. The van der Waals surface area contributed by atoms with Crippen LogP contribution in [0.1, 0.15) is 37.6 Å². The van der Waals surface area contributed by atoms with Gasteiger partial charge in [0.15, 0.2) is 11.5 Å². The van der Waals surface area contributed by atoms with Crippen LogP contribution in [0.4, 0.5) is 11.8 Å². The van der Waals surface area contributed by atoms with Gasteiger partial charge in [-0.3, -0.25) is 0 Å². The quantitative estimate of drug-likeness (QED) is 0.808. The zero-order valence-corrected chi connectivity index (χ0v) is 17.5. The van der Waals surface area contributed by atoms with Gasteiger partial charge in [0.1, 0.15) is 5.82 Å². The molecule has 0 bridgehead atoms. The highest BCUT2D eigenvalue weighted by Crippen LogP contribution is 2.40. The molecule has 1 aliphatic rings. The van der Waals surface area contributed by atoms with E-state index in [1.54, 1.807) is 13.2 Å². The minimum Gasteiger partial charge on any atom is -0.493 e. The van der Waals surface area contributed by atoms with Crippen LogP contribution >= 0.6 is 11.6 Å². The number of nitrogens with zero attached hydrogens (tertiary/aromatic N) is 3. The van der Waals surface area contributed by atoms with Gasteiger partial charge >= 0.3 is 0 Å². The number of aromatic nitrogens is 2. The Morgan fingerprint density at radius 3 is 2.71 bits per heavy atom. The Bertz CT molecular complexity index is 811. The SMILES string of the molecule is COc1cc(Cl)c(C2COCCCN2c2cc(C)nc(N)n2)cc1OC(C)C. The van der Waals surface area contributed by atoms with E-state index in [-0.39, 0.29) is 18.1 Å². The van der Waals surface area contributed by atoms with Gasteiger partial charge in [0.05, 0.1) is 25.9 Å². The first-order valence-corrected chi connectivity index (χ1v) is 9.76. The van der Waals surface area contributed by atoms with E-state index in [0.717, 1.165) is 30.0 Å². The Kier molecular flexibility index (Phi) is 6.46. The molecule has 1 aliphatic heterocycles. The highest BCUT2D eigenvalue weighted by Gasteiger charge is 2.28. The molecule has 1 fully saturated rings. The molecule has 0 spiro atoms. The molecule has 1 saturated heterocycles. The smallest absolute Gasteiger partial charge is 0.222 e. The van der Waals surface area contributed by atoms with Crippen molar-refractivity contribution in [2.24, 2.45) is 0 Å². The minimum absolute atomic E-state index is 0.00808. The van der Waals surface area contributed by atoms with Gasteiger partial charge < -0.3 is 24.8 Å². The molecule has 2 heterocycles. The van der Waals surface area contributed by atoms with Crippen molar-refractivity contribution >= 4 is 23.4 Å². The number of nitrogens with two attached hydrogens (primary N) is 1. The van der Waals surface area contributed by atoms with E-state index < -0.39 is 0 Å². The predicted octanol–water partition coefficient (Wildman–Crippen LogP) is 3.78. The van der Waals surface area contributed by atoms with Crippen molar-refractivity contribution in [3.8, 4) is 11.5 Å². The molecule has 0 aliphatic carbocycles. The number of hydrogen-bond acceptors (Lipinski definition) is 7. The zero-order valence-electron chi connectivity index (χ0n) is 16.7. The summed E-state index contributed by atoms with van der Waals surface area (Å²) in [4.78, 5) is 10.8. The predicted molar refractivity (Wildman–Crippen MR) is 110 cm³/mol. The maximum atomic E-state index is 6.64. The molecule has 7 nitrogen and oxygen atoms in total. The van der Waals surface area contributed by atoms with Crippen LogP contribution in [0.25, 0.3) is 0 Å². The highest BCUT2D eigenvalue weighted by atomic mass is 35.5. The molecular weight excluding hydrogens is 380 g/mol. The molecule has 152 valence electrons. The van der Waals surface area contributed by atoms with Crippen molar-refractivity contribution in [1.82, 2.24) is 9.97 Å². The van der Waals surface area contributed by atoms with Crippen molar-refractivity contribution in [3.05, 3.63) is 34.5 Å². The van der Waals surface area contributed by atoms with Crippen LogP contribution in [-0.4, -0.2) is 42.9 Å². The van der Waals surface area contributed by atoms with Crippen LogP contribution in [0.2, 0.25) is 5.02 Å². The second-order valence-electron chi connectivity index (χ2n) is 7.05. The van der Waals surface area contributed by atoms with Crippen LogP contribution < -0.4 is 20.1 Å². The summed E-state index contributed by atoms with van der Waals surface area (Å²) in [6.45, 7) is 7.78. The second kappa shape index (κ2) is 8.84. The normalized spacial score (nSPS) is 17.5. The van der Waals surface area contributed by atoms with E-state index >= 15 is 0 Å². The van der Waals surface area contributed by atoms with Gasteiger partial charge in [-0.05, 0) is 38.8 Å². The summed E-state index contributed by atoms with van der Waals surface area (Å²) in [7, 11) is 1.60. The summed E-state index contributed by atoms with van der Waals surface area (Å²) in [5.74, 6) is 2.27. The van der Waals surface area contributed by atoms with Gasteiger partial charge in [-0.1, -0.05) is 11.6 Å². The van der Waals surface area contributed by atoms with Crippen molar-refractivity contribution in [2.45, 2.75) is 39.3 Å². The van der Waals surface area contributed by atoms with Gasteiger partial charge in [-0.25, -0.2) is 4.98 Å². The van der Waals surface area contributed by atoms with Crippen LogP contribution in [-0.2, 0) is 4.74 Å². The first-order chi connectivity index (χ1) is 13.4. The van der Waals surface area contributed by atoms with Crippen molar-refractivity contribution < 1.29 is 14.2 Å². The van der Waals surface area contributed by atoms with E-state index in [4.69, 9.17) is 31.5 Å². The number of benzene rings is 1. The van der Waals surface area contributed by atoms with E-state index in [1.807, 2.05) is 32.9 Å². The van der Waals surface area contributed by atoms with E-state index in [9.17, 15) is 0 Å². The van der Waals surface area contributed by atoms with Gasteiger partial charge in [-0.15, -0.1) is 0 Å². The van der Waals surface area contributed by atoms with Crippen LogP contribution in [0, 0.1) is 6.92 Å². The van der Waals surface area contributed by atoms with Gasteiger partial charge in [-0.2, -0.15) is 4.98 Å². The number of methoxy groups -OCH3 is 1. The third-order valence-electron chi connectivity index (χ3n) is 4.50. The first-order valence-electron chi connectivity index (χ1n) is 9.38. The van der Waals surface area contributed by atoms with Crippen LogP contribution in [0.5, 0.6) is 11.5 Å². The zero-order chi connectivity index (χ0) is 20.3. The molecule has 28 heavy (non-hydrogen) atoms. The summed E-state index contributed by atoms with van der Waals surface area (Å²) in [6, 6.07) is 5.52. The molecule has 1 aromatic carbocycles. The Morgan fingerprint density at radius 2 is 2.04 bits per heavy atom. The van der Waals surface area contributed by atoms with E-state index in [0.29, 0.717) is 29.7 Å². The van der Waals surface area contributed by atoms with E-state index in [1.165, 1.54) is 0 Å². The minimum atomic E-state index is -0.135. The molecule has 2 N–H and O–H groups in total. The lowest BCUT2D eigenvalue weighted by atomic mass is 10.0. The largest absolute Gasteiger partial charge is 0.493 e. The van der Waals surface area contributed by atoms with Crippen molar-refractivity contribution in [3.63, 3.8) is 0 Å². The molecule has 1 unspecified atom stereocenters. The average molecular weight is 407 g/mol. The molecule has 0 saturated carbocycles. The fourth-order valence-electron chi connectivity index (χ4n) is 3.34. The first kappa shape index (κ1) is 20.5. The third kappa shape index (κ3) is 4.59. The number of ether oxygens (including phenoxy) is 3. The van der Waals surface area contributed by atoms with Crippen LogP contribution in [0.15, 0.2) is 18.2 Å². The molecule has 3 rings (SSSR count). The molecule has 1 atom stereocenters.